The molecule has 0 amide bonds. The van der Waals surface area contributed by atoms with Crippen LogP contribution in [0.15, 0.2) is 109 Å². The Balaban J connectivity index is 1.31. The summed E-state index contributed by atoms with van der Waals surface area (Å²) in [6, 6.07) is 37.6. The lowest BCUT2D eigenvalue weighted by Gasteiger charge is -2.25. The summed E-state index contributed by atoms with van der Waals surface area (Å²) < 4.78 is 0. The zero-order chi connectivity index (χ0) is 23.9. The molecule has 170 valence electrons. The third-order valence-corrected chi connectivity index (χ3v) is 7.43. The van der Waals surface area contributed by atoms with E-state index in [9.17, 15) is 4.79 Å². The number of anilines is 3. The molecule has 0 aliphatic rings. The predicted molar refractivity (Wildman–Crippen MR) is 153 cm³/mol. The Morgan fingerprint density at radius 3 is 1.37 bits per heavy atom. The lowest BCUT2D eigenvalue weighted by molar-refractivity contribution is 0.112. The van der Waals surface area contributed by atoms with Crippen molar-refractivity contribution in [2.45, 2.75) is 0 Å². The second-order valence-electron chi connectivity index (χ2n) is 7.86. The Morgan fingerprint density at radius 1 is 0.457 bits per heavy atom. The van der Waals surface area contributed by atoms with Crippen molar-refractivity contribution < 1.29 is 4.79 Å². The van der Waals surface area contributed by atoms with Gasteiger partial charge in [-0.1, -0.05) is 54.6 Å². The van der Waals surface area contributed by atoms with Crippen molar-refractivity contribution in [2.24, 2.45) is 0 Å². The van der Waals surface area contributed by atoms with Gasteiger partial charge in [-0.2, -0.15) is 0 Å². The summed E-state index contributed by atoms with van der Waals surface area (Å²) >= 11 is 3.24. The molecule has 35 heavy (non-hydrogen) atoms. The van der Waals surface area contributed by atoms with Crippen LogP contribution in [-0.4, -0.2) is 6.29 Å². The van der Waals surface area contributed by atoms with Gasteiger partial charge in [0.25, 0.3) is 0 Å². The van der Waals surface area contributed by atoms with Crippen molar-refractivity contribution in [3.63, 3.8) is 0 Å². The van der Waals surface area contributed by atoms with Gasteiger partial charge in [-0.05, 0) is 84.5 Å². The minimum atomic E-state index is 0.751. The molecule has 0 unspecified atom stereocenters. The molecular weight excluding hydrogens is 466 g/mol. The van der Waals surface area contributed by atoms with Gasteiger partial charge in [0.1, 0.15) is 0 Å². The minimum Gasteiger partial charge on any atom is -0.311 e. The van der Waals surface area contributed by atoms with Gasteiger partial charge >= 0.3 is 0 Å². The summed E-state index contributed by atoms with van der Waals surface area (Å²) in [6.45, 7) is 0. The van der Waals surface area contributed by atoms with Crippen LogP contribution in [0, 0.1) is 0 Å². The van der Waals surface area contributed by atoms with E-state index in [-0.39, 0.29) is 0 Å². The van der Waals surface area contributed by atoms with Crippen molar-refractivity contribution in [3.05, 3.63) is 134 Å². The summed E-state index contributed by atoms with van der Waals surface area (Å²) in [5.74, 6) is 0. The lowest BCUT2D eigenvalue weighted by atomic mass is 10.1. The number of para-hydroxylation sites is 2. The van der Waals surface area contributed by atoms with E-state index in [2.05, 4.69) is 114 Å². The molecule has 0 saturated heterocycles. The van der Waals surface area contributed by atoms with E-state index in [1.807, 2.05) is 24.3 Å². The van der Waals surface area contributed by atoms with Gasteiger partial charge in [-0.25, -0.2) is 0 Å². The van der Waals surface area contributed by atoms with Crippen LogP contribution in [0.25, 0.3) is 24.3 Å². The van der Waals surface area contributed by atoms with Crippen LogP contribution < -0.4 is 4.90 Å². The van der Waals surface area contributed by atoms with Gasteiger partial charge in [0.05, 0.1) is 4.88 Å². The van der Waals surface area contributed by atoms with Crippen LogP contribution in [0.5, 0.6) is 0 Å². The first-order chi connectivity index (χ1) is 17.3. The quantitative estimate of drug-likeness (QED) is 0.202. The number of aldehydes is 1. The predicted octanol–water partition coefficient (Wildman–Crippen LogP) is 9.43. The molecule has 0 fully saturated rings. The fourth-order valence-electron chi connectivity index (χ4n) is 3.75. The fraction of sp³-hybridized carbons (Fsp3) is 0. The first-order valence-electron chi connectivity index (χ1n) is 11.3. The molecule has 2 nitrogen and oxygen atoms in total. The van der Waals surface area contributed by atoms with Crippen LogP contribution in [0.4, 0.5) is 17.1 Å². The van der Waals surface area contributed by atoms with Crippen LogP contribution in [0.2, 0.25) is 0 Å². The van der Waals surface area contributed by atoms with Gasteiger partial charge in [-0.3, -0.25) is 4.79 Å². The fourth-order valence-corrected chi connectivity index (χ4v) is 5.29. The Labute approximate surface area is 213 Å². The minimum absolute atomic E-state index is 0.751. The summed E-state index contributed by atoms with van der Waals surface area (Å²) in [6.07, 6.45) is 9.34. The van der Waals surface area contributed by atoms with Gasteiger partial charge in [-0.15, -0.1) is 22.7 Å². The first kappa shape index (κ1) is 22.8. The largest absolute Gasteiger partial charge is 0.311 e. The van der Waals surface area contributed by atoms with Gasteiger partial charge in [0.2, 0.25) is 0 Å². The second-order valence-corrected chi connectivity index (χ2v) is 10.2. The normalized spacial score (nSPS) is 11.3. The highest BCUT2D eigenvalue weighted by Gasteiger charge is 2.11. The monoisotopic (exact) mass is 489 g/mol. The highest BCUT2D eigenvalue weighted by molar-refractivity contribution is 7.15. The van der Waals surface area contributed by atoms with Crippen molar-refractivity contribution in [1.82, 2.24) is 0 Å². The van der Waals surface area contributed by atoms with Crippen molar-refractivity contribution in [2.75, 3.05) is 4.90 Å². The third kappa shape index (κ3) is 5.75. The molecular formula is C31H23NOS2. The van der Waals surface area contributed by atoms with E-state index in [1.165, 1.54) is 21.1 Å². The summed E-state index contributed by atoms with van der Waals surface area (Å²) in [4.78, 5) is 17.3. The molecule has 0 spiro atoms. The van der Waals surface area contributed by atoms with Crippen molar-refractivity contribution in [3.8, 4) is 0 Å². The summed E-state index contributed by atoms with van der Waals surface area (Å²) in [5.41, 5.74) is 4.53. The van der Waals surface area contributed by atoms with E-state index in [1.54, 1.807) is 11.3 Å². The van der Waals surface area contributed by atoms with E-state index >= 15 is 0 Å². The molecule has 4 heteroatoms. The average Bonchev–Trinajstić information content (AvgIpc) is 3.58. The van der Waals surface area contributed by atoms with Gasteiger partial charge < -0.3 is 4.90 Å². The molecule has 0 radical (unpaired) electrons. The topological polar surface area (TPSA) is 20.3 Å². The molecule has 0 aliphatic heterocycles. The average molecular weight is 490 g/mol. The van der Waals surface area contributed by atoms with Crippen LogP contribution >= 0.6 is 22.7 Å². The first-order valence-corrected chi connectivity index (χ1v) is 12.9. The van der Waals surface area contributed by atoms with Gasteiger partial charge in [0.15, 0.2) is 6.29 Å². The Bertz CT molecular complexity index is 1410. The van der Waals surface area contributed by atoms with E-state index in [4.69, 9.17) is 0 Å². The molecule has 0 bridgehead atoms. The SMILES string of the molecule is O=Cc1ccc(/C=C/c2ccc(/C=C/c3ccc(N(c4ccccc4)c4ccccc4)cc3)s2)s1. The molecule has 0 aliphatic carbocycles. The van der Waals surface area contributed by atoms with Crippen LogP contribution in [0.3, 0.4) is 0 Å². The van der Waals surface area contributed by atoms with E-state index < -0.39 is 0 Å². The van der Waals surface area contributed by atoms with Crippen LogP contribution in [0.1, 0.15) is 29.9 Å². The van der Waals surface area contributed by atoms with Crippen molar-refractivity contribution in [1.29, 1.82) is 0 Å². The molecule has 0 atom stereocenters. The van der Waals surface area contributed by atoms with E-state index in [0.717, 1.165) is 38.7 Å². The Hall–Kier alpha value is -3.99. The third-order valence-electron chi connectivity index (χ3n) is 5.44. The molecule has 2 heterocycles. The molecule has 0 N–H and O–H groups in total. The standard InChI is InChI=1S/C31H23NOS2/c33-23-31-22-21-30(35-31)20-19-29-18-17-28(34-29)16-13-24-11-14-27(15-12-24)32(25-7-3-1-4-8-25)26-9-5-2-6-10-26/h1-23H/b16-13+,20-19+. The molecule has 0 saturated carbocycles. The zero-order valence-electron chi connectivity index (χ0n) is 19.0. The Morgan fingerprint density at radius 2 is 0.886 bits per heavy atom. The van der Waals surface area contributed by atoms with Crippen molar-refractivity contribution >= 4 is 70.3 Å². The number of benzene rings is 3. The number of hydrogen-bond acceptors (Lipinski definition) is 4. The number of hydrogen-bond donors (Lipinski definition) is 0. The highest BCUT2D eigenvalue weighted by Crippen LogP contribution is 2.34. The second kappa shape index (κ2) is 11.0. The summed E-state index contributed by atoms with van der Waals surface area (Å²) in [7, 11) is 0. The smallest absolute Gasteiger partial charge is 0.160 e. The molecule has 2 aromatic heterocycles. The molecule has 5 rings (SSSR count). The van der Waals surface area contributed by atoms with E-state index in [0.29, 0.717) is 0 Å². The number of thiophene rings is 2. The molecule has 5 aromatic rings. The number of carbonyl (C=O) groups is 1. The maximum Gasteiger partial charge on any atom is 0.160 e. The number of nitrogens with zero attached hydrogens (tertiary/aromatic N) is 1. The Kier molecular flexibility index (Phi) is 7.13. The summed E-state index contributed by atoms with van der Waals surface area (Å²) in [5, 5.41) is 0. The van der Waals surface area contributed by atoms with Gasteiger partial charge in [0, 0.05) is 31.7 Å². The maximum atomic E-state index is 10.8. The molecule has 3 aromatic carbocycles. The van der Waals surface area contributed by atoms with Crippen LogP contribution in [-0.2, 0) is 0 Å². The maximum absolute atomic E-state index is 10.8. The number of rotatable bonds is 8. The number of carbonyl (C=O) groups excluding carboxylic acids is 1. The highest BCUT2D eigenvalue weighted by atomic mass is 32.1. The lowest BCUT2D eigenvalue weighted by Crippen LogP contribution is -2.09. The zero-order valence-corrected chi connectivity index (χ0v) is 20.6.